The predicted molar refractivity (Wildman–Crippen MR) is 56.0 cm³/mol. The van der Waals surface area contributed by atoms with Gasteiger partial charge in [-0.25, -0.2) is 0 Å². The van der Waals surface area contributed by atoms with Crippen molar-refractivity contribution in [2.45, 2.75) is 0 Å². The van der Waals surface area contributed by atoms with Crippen molar-refractivity contribution < 1.29 is 4.74 Å². The van der Waals surface area contributed by atoms with Gasteiger partial charge in [0.05, 0.1) is 17.1 Å². The van der Waals surface area contributed by atoms with Crippen molar-refractivity contribution in [1.29, 1.82) is 0 Å². The van der Waals surface area contributed by atoms with Gasteiger partial charge in [-0.15, -0.1) is 0 Å². The lowest BCUT2D eigenvalue weighted by molar-refractivity contribution is 0.417. The molecule has 1 heterocycles. The lowest BCUT2D eigenvalue weighted by atomic mass is 10.2. The van der Waals surface area contributed by atoms with Gasteiger partial charge in [0.2, 0.25) is 0 Å². The van der Waals surface area contributed by atoms with Crippen LogP contribution in [0.5, 0.6) is 5.75 Å². The van der Waals surface area contributed by atoms with Crippen LogP contribution in [0.2, 0.25) is 0 Å². The fraction of sp³-hybridized carbons (Fsp3) is 0.100. The van der Waals surface area contributed by atoms with Crippen LogP contribution in [0.15, 0.2) is 34.9 Å². The van der Waals surface area contributed by atoms with Crippen LogP contribution < -0.4 is 4.74 Å². The molecule has 0 radical (unpaired) electrons. The lowest BCUT2D eigenvalue weighted by Gasteiger charge is -2.06. The molecular formula is C10H8BrNO. The number of ether oxygens (including phenoxy) is 1. The summed E-state index contributed by atoms with van der Waals surface area (Å²) in [7, 11) is 1.66. The van der Waals surface area contributed by atoms with Crippen LogP contribution in [0.4, 0.5) is 0 Å². The number of benzene rings is 1. The SMILES string of the molecule is COc1c(Br)ccc2ncccc12. The number of halogens is 1. The van der Waals surface area contributed by atoms with Crippen molar-refractivity contribution in [2.24, 2.45) is 0 Å². The van der Waals surface area contributed by atoms with Gasteiger partial charge in [0.15, 0.2) is 0 Å². The summed E-state index contributed by atoms with van der Waals surface area (Å²) in [5.74, 6) is 0.839. The van der Waals surface area contributed by atoms with Crippen molar-refractivity contribution in [3.8, 4) is 5.75 Å². The van der Waals surface area contributed by atoms with Gasteiger partial charge in [0.25, 0.3) is 0 Å². The summed E-state index contributed by atoms with van der Waals surface area (Å²) in [6.45, 7) is 0. The summed E-state index contributed by atoms with van der Waals surface area (Å²) in [4.78, 5) is 4.23. The highest BCUT2D eigenvalue weighted by atomic mass is 79.9. The third kappa shape index (κ3) is 1.40. The van der Waals surface area contributed by atoms with Crippen molar-refractivity contribution in [3.63, 3.8) is 0 Å². The van der Waals surface area contributed by atoms with E-state index in [2.05, 4.69) is 20.9 Å². The van der Waals surface area contributed by atoms with E-state index in [1.165, 1.54) is 0 Å². The standard InChI is InChI=1S/C10H8BrNO/c1-13-10-7-3-2-6-12-9(7)5-4-8(10)11/h2-6H,1H3. The van der Waals surface area contributed by atoms with Gasteiger partial charge in [0, 0.05) is 11.6 Å². The monoisotopic (exact) mass is 237 g/mol. The third-order valence-electron chi connectivity index (χ3n) is 1.89. The fourth-order valence-corrected chi connectivity index (χ4v) is 1.81. The molecule has 0 saturated carbocycles. The highest BCUT2D eigenvalue weighted by Gasteiger charge is 2.04. The number of aromatic nitrogens is 1. The predicted octanol–water partition coefficient (Wildman–Crippen LogP) is 3.01. The van der Waals surface area contributed by atoms with Crippen LogP contribution in [0.1, 0.15) is 0 Å². The maximum atomic E-state index is 5.27. The van der Waals surface area contributed by atoms with Crippen LogP contribution in [-0.2, 0) is 0 Å². The molecule has 1 aromatic carbocycles. The van der Waals surface area contributed by atoms with Crippen molar-refractivity contribution >= 4 is 26.8 Å². The molecule has 2 nitrogen and oxygen atoms in total. The normalized spacial score (nSPS) is 10.3. The zero-order valence-corrected chi connectivity index (χ0v) is 8.71. The molecule has 0 aliphatic rings. The molecule has 0 aliphatic carbocycles. The molecule has 1 aromatic heterocycles. The molecule has 66 valence electrons. The smallest absolute Gasteiger partial charge is 0.142 e. The molecule has 0 saturated heterocycles. The fourth-order valence-electron chi connectivity index (χ4n) is 1.31. The Morgan fingerprint density at radius 3 is 2.92 bits per heavy atom. The molecule has 13 heavy (non-hydrogen) atoms. The zero-order chi connectivity index (χ0) is 9.26. The summed E-state index contributed by atoms with van der Waals surface area (Å²) in [5, 5.41) is 1.03. The van der Waals surface area contributed by atoms with Crippen molar-refractivity contribution in [2.75, 3.05) is 7.11 Å². The van der Waals surface area contributed by atoms with Crippen LogP contribution in [0.25, 0.3) is 10.9 Å². The average molecular weight is 238 g/mol. The molecule has 2 aromatic rings. The Labute approximate surface area is 84.7 Å². The summed E-state index contributed by atoms with van der Waals surface area (Å²) >= 11 is 3.42. The first-order valence-corrected chi connectivity index (χ1v) is 4.69. The van der Waals surface area contributed by atoms with Gasteiger partial charge in [0.1, 0.15) is 5.75 Å². The van der Waals surface area contributed by atoms with Crippen molar-refractivity contribution in [1.82, 2.24) is 4.98 Å². The van der Waals surface area contributed by atoms with Crippen LogP contribution >= 0.6 is 15.9 Å². The third-order valence-corrected chi connectivity index (χ3v) is 2.52. The number of pyridine rings is 1. The van der Waals surface area contributed by atoms with Gasteiger partial charge in [-0.2, -0.15) is 0 Å². The van der Waals surface area contributed by atoms with E-state index < -0.39 is 0 Å². The number of hydrogen-bond donors (Lipinski definition) is 0. The number of methoxy groups -OCH3 is 1. The molecule has 3 heteroatoms. The minimum Gasteiger partial charge on any atom is -0.495 e. The molecule has 0 spiro atoms. The molecule has 0 aliphatic heterocycles. The Bertz CT molecular complexity index is 442. The summed E-state index contributed by atoms with van der Waals surface area (Å²) in [6.07, 6.45) is 1.77. The highest BCUT2D eigenvalue weighted by Crippen LogP contribution is 2.32. The molecule has 0 bridgehead atoms. The van der Waals surface area contributed by atoms with E-state index in [1.54, 1.807) is 13.3 Å². The number of hydrogen-bond acceptors (Lipinski definition) is 2. The summed E-state index contributed by atoms with van der Waals surface area (Å²) in [6, 6.07) is 7.79. The second-order valence-corrected chi connectivity index (χ2v) is 3.51. The minimum absolute atomic E-state index is 0.839. The number of nitrogens with zero attached hydrogens (tertiary/aromatic N) is 1. The first kappa shape index (κ1) is 8.51. The molecule has 2 rings (SSSR count). The Morgan fingerprint density at radius 2 is 2.15 bits per heavy atom. The van der Waals surface area contributed by atoms with Gasteiger partial charge < -0.3 is 4.74 Å². The Balaban J connectivity index is 2.84. The first-order valence-electron chi connectivity index (χ1n) is 3.90. The molecule has 0 unspecified atom stereocenters. The van der Waals surface area contributed by atoms with E-state index in [0.29, 0.717) is 0 Å². The van der Waals surface area contributed by atoms with Crippen LogP contribution in [0.3, 0.4) is 0 Å². The summed E-state index contributed by atoms with van der Waals surface area (Å²) in [5.41, 5.74) is 0.947. The first-order chi connectivity index (χ1) is 6.33. The van der Waals surface area contributed by atoms with Crippen LogP contribution in [-0.4, -0.2) is 12.1 Å². The Morgan fingerprint density at radius 1 is 1.31 bits per heavy atom. The minimum atomic E-state index is 0.839. The van der Waals surface area contributed by atoms with E-state index in [-0.39, 0.29) is 0 Å². The average Bonchev–Trinajstić information content (AvgIpc) is 2.18. The zero-order valence-electron chi connectivity index (χ0n) is 7.12. The van der Waals surface area contributed by atoms with Gasteiger partial charge in [-0.3, -0.25) is 4.98 Å². The van der Waals surface area contributed by atoms with E-state index >= 15 is 0 Å². The summed E-state index contributed by atoms with van der Waals surface area (Å²) < 4.78 is 6.23. The second-order valence-electron chi connectivity index (χ2n) is 2.65. The molecule has 0 atom stereocenters. The highest BCUT2D eigenvalue weighted by molar-refractivity contribution is 9.10. The Hall–Kier alpha value is -1.09. The molecule has 0 amide bonds. The van der Waals surface area contributed by atoms with Gasteiger partial charge in [-0.05, 0) is 40.2 Å². The molecule has 0 N–H and O–H groups in total. The molecular weight excluding hydrogens is 230 g/mol. The topological polar surface area (TPSA) is 22.1 Å². The maximum Gasteiger partial charge on any atom is 0.142 e. The van der Waals surface area contributed by atoms with Crippen molar-refractivity contribution in [3.05, 3.63) is 34.9 Å². The van der Waals surface area contributed by atoms with Gasteiger partial charge in [-0.1, -0.05) is 0 Å². The largest absolute Gasteiger partial charge is 0.495 e. The van der Waals surface area contributed by atoms with Crippen LogP contribution in [0, 0.1) is 0 Å². The second kappa shape index (κ2) is 3.34. The molecule has 0 fully saturated rings. The van der Waals surface area contributed by atoms with E-state index in [9.17, 15) is 0 Å². The maximum absolute atomic E-state index is 5.27. The van der Waals surface area contributed by atoms with E-state index in [4.69, 9.17) is 4.74 Å². The van der Waals surface area contributed by atoms with E-state index in [0.717, 1.165) is 21.1 Å². The van der Waals surface area contributed by atoms with Gasteiger partial charge >= 0.3 is 0 Å². The number of rotatable bonds is 1. The number of fused-ring (bicyclic) bond motifs is 1. The Kier molecular flexibility index (Phi) is 2.19. The lowest BCUT2D eigenvalue weighted by Crippen LogP contribution is -1.87. The van der Waals surface area contributed by atoms with E-state index in [1.807, 2.05) is 24.3 Å². The quantitative estimate of drug-likeness (QED) is 0.761.